The molecule has 2 unspecified atom stereocenters. The molecule has 1 saturated heterocycles. The summed E-state index contributed by atoms with van der Waals surface area (Å²) in [7, 11) is 1.52. The Bertz CT molecular complexity index is 666. The molecule has 3 rings (SSSR count). The van der Waals surface area contributed by atoms with E-state index in [1.165, 1.54) is 12.7 Å². The highest BCUT2D eigenvalue weighted by atomic mass is 16.5. The fourth-order valence-corrected chi connectivity index (χ4v) is 3.60. The van der Waals surface area contributed by atoms with Crippen molar-refractivity contribution in [3.63, 3.8) is 0 Å². The van der Waals surface area contributed by atoms with Crippen molar-refractivity contribution in [1.82, 2.24) is 10.1 Å². The van der Waals surface area contributed by atoms with Gasteiger partial charge >= 0.3 is 0 Å². The number of nitrogens with zero attached hydrogens (tertiary/aromatic N) is 3. The Morgan fingerprint density at radius 2 is 2.04 bits per heavy atom. The van der Waals surface area contributed by atoms with Crippen LogP contribution >= 0.6 is 0 Å². The van der Waals surface area contributed by atoms with Gasteiger partial charge in [0.15, 0.2) is 11.8 Å². The van der Waals surface area contributed by atoms with E-state index in [9.17, 15) is 4.91 Å². The summed E-state index contributed by atoms with van der Waals surface area (Å²) in [5, 5.41) is 7.06. The van der Waals surface area contributed by atoms with Crippen molar-refractivity contribution in [1.29, 1.82) is 0 Å². The zero-order valence-electron chi connectivity index (χ0n) is 14.8. The average molecular weight is 343 g/mol. The first kappa shape index (κ1) is 17.6. The molecule has 6 heteroatoms. The summed E-state index contributed by atoms with van der Waals surface area (Å²) in [4.78, 5) is 13.7. The predicted molar refractivity (Wildman–Crippen MR) is 95.5 cm³/mol. The Morgan fingerprint density at radius 3 is 2.64 bits per heavy atom. The smallest absolute Gasteiger partial charge is 0.254 e. The van der Waals surface area contributed by atoms with Crippen LogP contribution in [0.4, 0.5) is 0 Å². The third-order valence-electron chi connectivity index (χ3n) is 5.17. The van der Waals surface area contributed by atoms with Crippen molar-refractivity contribution >= 4 is 0 Å². The van der Waals surface area contributed by atoms with E-state index >= 15 is 0 Å². The first-order chi connectivity index (χ1) is 12.2. The van der Waals surface area contributed by atoms with Crippen LogP contribution in [0.3, 0.4) is 0 Å². The lowest BCUT2D eigenvalue weighted by Crippen LogP contribution is -2.42. The molecule has 6 nitrogen and oxygen atoms in total. The number of nitroso groups, excluding NO2 is 1. The Morgan fingerprint density at radius 1 is 1.32 bits per heavy atom. The summed E-state index contributed by atoms with van der Waals surface area (Å²) in [5.74, 6) is 1.53. The predicted octanol–water partition coefficient (Wildman–Crippen LogP) is 3.83. The molecule has 1 fully saturated rings. The van der Waals surface area contributed by atoms with Gasteiger partial charge in [-0.05, 0) is 55.9 Å². The zero-order chi connectivity index (χ0) is 17.6. The molecule has 134 valence electrons. The van der Waals surface area contributed by atoms with Crippen LogP contribution in [0.5, 0.6) is 5.88 Å². The Kier molecular flexibility index (Phi) is 5.81. The maximum absolute atomic E-state index is 11.4. The van der Waals surface area contributed by atoms with Gasteiger partial charge < -0.3 is 9.26 Å². The second-order valence-electron chi connectivity index (χ2n) is 6.73. The summed E-state index contributed by atoms with van der Waals surface area (Å²) in [5.41, 5.74) is 1.40. The monoisotopic (exact) mass is 343 g/mol. The molecule has 2 aromatic rings. The fraction of sp³-hybridized carbons (Fsp3) is 0.526. The highest BCUT2D eigenvalue weighted by molar-refractivity contribution is 5.17. The molecule has 1 aliphatic rings. The summed E-state index contributed by atoms with van der Waals surface area (Å²) in [6.07, 6.45) is 3.38. The molecule has 0 amide bonds. The van der Waals surface area contributed by atoms with Crippen LogP contribution < -0.4 is 4.74 Å². The van der Waals surface area contributed by atoms with E-state index in [4.69, 9.17) is 9.26 Å². The summed E-state index contributed by atoms with van der Waals surface area (Å²) in [6, 6.07) is 11.7. The number of methoxy groups -OCH3 is 1. The minimum atomic E-state index is -0.568. The van der Waals surface area contributed by atoms with Crippen LogP contribution in [0.25, 0.3) is 0 Å². The van der Waals surface area contributed by atoms with Crippen molar-refractivity contribution < 1.29 is 9.26 Å². The minimum absolute atomic E-state index is 0.0205. The van der Waals surface area contributed by atoms with Crippen molar-refractivity contribution in [3.05, 3.63) is 52.6 Å². The number of likely N-dealkylation sites (tertiary alicyclic amines) is 1. The van der Waals surface area contributed by atoms with Crippen LogP contribution in [0.1, 0.15) is 37.1 Å². The van der Waals surface area contributed by atoms with Gasteiger partial charge in [-0.25, -0.2) is 0 Å². The lowest BCUT2D eigenvalue weighted by Gasteiger charge is -2.37. The van der Waals surface area contributed by atoms with E-state index in [0.717, 1.165) is 32.4 Å². The maximum Gasteiger partial charge on any atom is 0.254 e. The van der Waals surface area contributed by atoms with Crippen LogP contribution in [0.15, 0.2) is 46.1 Å². The van der Waals surface area contributed by atoms with Crippen molar-refractivity contribution in [2.24, 2.45) is 11.1 Å². The lowest BCUT2D eigenvalue weighted by atomic mass is 9.89. The topological polar surface area (TPSA) is 67.9 Å². The van der Waals surface area contributed by atoms with E-state index in [-0.39, 0.29) is 6.04 Å². The molecule has 1 aliphatic heterocycles. The summed E-state index contributed by atoms with van der Waals surface area (Å²) < 4.78 is 10.2. The maximum atomic E-state index is 11.4. The molecule has 1 aromatic carbocycles. The normalized spacial score (nSPS) is 18.6. The zero-order valence-corrected chi connectivity index (χ0v) is 14.8. The number of hydrogen-bond acceptors (Lipinski definition) is 6. The first-order valence-electron chi connectivity index (χ1n) is 8.82. The molecule has 0 N–H and O–H groups in total. The second kappa shape index (κ2) is 8.25. The number of piperidine rings is 1. The molecule has 25 heavy (non-hydrogen) atoms. The Labute approximate surface area is 148 Å². The molecule has 0 spiro atoms. The molecule has 0 aliphatic carbocycles. The molecule has 0 bridgehead atoms. The van der Waals surface area contributed by atoms with Crippen molar-refractivity contribution in [2.75, 3.05) is 20.2 Å². The molecule has 1 aromatic heterocycles. The van der Waals surface area contributed by atoms with Gasteiger partial charge in [-0.1, -0.05) is 35.5 Å². The SMILES string of the molecule is COc1cc(C(N=O)C(C)N2CCC(Cc3ccccc3)CC2)on1. The number of ether oxygens (including phenoxy) is 1. The standard InChI is InChI=1S/C19H25N3O3/c1-14(19(20-23)17-13-18(24-2)21-25-17)22-10-8-16(9-11-22)12-15-6-4-3-5-7-15/h3-7,13-14,16,19H,8-12H2,1-2H3. The van der Waals surface area contributed by atoms with Gasteiger partial charge in [-0.2, -0.15) is 0 Å². The van der Waals surface area contributed by atoms with Gasteiger partial charge in [0.1, 0.15) is 0 Å². The third-order valence-corrected chi connectivity index (χ3v) is 5.17. The molecule has 2 heterocycles. The molecule has 0 saturated carbocycles. The minimum Gasteiger partial charge on any atom is -0.479 e. The van der Waals surface area contributed by atoms with Crippen LogP contribution in [-0.2, 0) is 6.42 Å². The van der Waals surface area contributed by atoms with Crippen LogP contribution in [-0.4, -0.2) is 36.3 Å². The third kappa shape index (κ3) is 4.25. The van der Waals surface area contributed by atoms with Gasteiger partial charge in [0.2, 0.25) is 0 Å². The number of aromatic nitrogens is 1. The molecular formula is C19H25N3O3. The summed E-state index contributed by atoms with van der Waals surface area (Å²) >= 11 is 0. The molecule has 0 radical (unpaired) electrons. The van der Waals surface area contributed by atoms with E-state index in [1.807, 2.05) is 6.92 Å². The van der Waals surface area contributed by atoms with E-state index in [2.05, 4.69) is 45.6 Å². The summed E-state index contributed by atoms with van der Waals surface area (Å²) in [6.45, 7) is 3.96. The van der Waals surface area contributed by atoms with Gasteiger partial charge in [-0.15, -0.1) is 4.91 Å². The fourth-order valence-electron chi connectivity index (χ4n) is 3.60. The van der Waals surface area contributed by atoms with Gasteiger partial charge in [0.05, 0.1) is 7.11 Å². The van der Waals surface area contributed by atoms with Crippen LogP contribution in [0, 0.1) is 10.8 Å². The lowest BCUT2D eigenvalue weighted by molar-refractivity contribution is 0.118. The average Bonchev–Trinajstić information content (AvgIpc) is 3.12. The van der Waals surface area contributed by atoms with Crippen LogP contribution in [0.2, 0.25) is 0 Å². The molecule has 2 atom stereocenters. The highest BCUT2D eigenvalue weighted by Crippen LogP contribution is 2.30. The van der Waals surface area contributed by atoms with E-state index in [0.29, 0.717) is 17.6 Å². The largest absolute Gasteiger partial charge is 0.479 e. The number of hydrogen-bond donors (Lipinski definition) is 0. The molecular weight excluding hydrogens is 318 g/mol. The highest BCUT2D eigenvalue weighted by Gasteiger charge is 2.32. The first-order valence-corrected chi connectivity index (χ1v) is 8.82. The van der Waals surface area contributed by atoms with Crippen molar-refractivity contribution in [2.45, 2.75) is 38.3 Å². The quantitative estimate of drug-likeness (QED) is 0.715. The van der Waals surface area contributed by atoms with E-state index < -0.39 is 6.04 Å². The Balaban J connectivity index is 1.56. The Hall–Kier alpha value is -2.21. The number of rotatable bonds is 7. The van der Waals surface area contributed by atoms with Gasteiger partial charge in [-0.3, -0.25) is 4.90 Å². The van der Waals surface area contributed by atoms with Gasteiger partial charge in [0.25, 0.3) is 5.88 Å². The second-order valence-corrected chi connectivity index (χ2v) is 6.73. The van der Waals surface area contributed by atoms with Crippen molar-refractivity contribution in [3.8, 4) is 5.88 Å². The van der Waals surface area contributed by atoms with E-state index in [1.54, 1.807) is 6.07 Å². The van der Waals surface area contributed by atoms with Gasteiger partial charge in [0, 0.05) is 12.1 Å². The number of benzene rings is 1.